The van der Waals surface area contributed by atoms with E-state index in [9.17, 15) is 0 Å². The first-order valence-electron chi connectivity index (χ1n) is 4.79. The summed E-state index contributed by atoms with van der Waals surface area (Å²) in [5.41, 5.74) is 1.90. The summed E-state index contributed by atoms with van der Waals surface area (Å²) in [6.07, 6.45) is 7.22. The summed E-state index contributed by atoms with van der Waals surface area (Å²) in [7, 11) is 0. The van der Waals surface area contributed by atoms with E-state index < -0.39 is 0 Å². The zero-order chi connectivity index (χ0) is 11.9. The van der Waals surface area contributed by atoms with Gasteiger partial charge in [-0.25, -0.2) is 5.48 Å². The van der Waals surface area contributed by atoms with Crippen molar-refractivity contribution in [2.45, 2.75) is 0 Å². The van der Waals surface area contributed by atoms with Gasteiger partial charge in [0.2, 0.25) is 0 Å². The Morgan fingerprint density at radius 1 is 0.867 bits per heavy atom. The quantitative estimate of drug-likeness (QED) is 0.475. The molecule has 0 saturated heterocycles. The van der Waals surface area contributed by atoms with Crippen LogP contribution >= 0.6 is 0 Å². The second-order valence-electron chi connectivity index (χ2n) is 2.74. The Hall–Kier alpha value is -1.16. The first-order chi connectivity index (χ1) is 7.26. The summed E-state index contributed by atoms with van der Waals surface area (Å²) >= 11 is 0. The summed E-state index contributed by atoms with van der Waals surface area (Å²) in [5, 5.41) is 7.74. The molecule has 0 aliphatic rings. The largest absolute Gasteiger partial charge is 0.317 e. The molecule has 0 saturated carbocycles. The highest BCUT2D eigenvalue weighted by molar-refractivity contribution is 4.83. The molecule has 0 aromatic carbocycles. The van der Waals surface area contributed by atoms with Gasteiger partial charge in [-0.3, -0.25) is 4.90 Å². The van der Waals surface area contributed by atoms with Gasteiger partial charge in [0.25, 0.3) is 0 Å². The Bertz CT molecular complexity index is 155. The van der Waals surface area contributed by atoms with Crippen LogP contribution in [0.1, 0.15) is 0 Å². The average Bonchev–Trinajstić information content (AvgIpc) is 2.21. The van der Waals surface area contributed by atoms with Gasteiger partial charge < -0.3 is 5.21 Å². The molecule has 0 aliphatic carbocycles. The molecule has 0 fully saturated rings. The van der Waals surface area contributed by atoms with Gasteiger partial charge in [0.15, 0.2) is 0 Å². The van der Waals surface area contributed by atoms with Crippen molar-refractivity contribution >= 4 is 0 Å². The minimum Gasteiger partial charge on any atom is -0.317 e. The van der Waals surface area contributed by atoms with Gasteiger partial charge in [-0.1, -0.05) is 24.3 Å². The highest BCUT2D eigenvalue weighted by Gasteiger charge is 1.94. The van der Waals surface area contributed by atoms with E-state index in [1.165, 1.54) is 0 Å². The van der Waals surface area contributed by atoms with Crippen molar-refractivity contribution in [1.82, 2.24) is 10.4 Å². The molecule has 0 heterocycles. The normalized spacial score (nSPS) is 8.67. The Balaban J connectivity index is 0. The maximum atomic E-state index is 7.74. The van der Waals surface area contributed by atoms with Gasteiger partial charge in [0.1, 0.15) is 0 Å². The molecule has 0 aliphatic heterocycles. The standard InChI is InChI=1S/C9H15N.C3H7NO/c1-4-7-10(8-5-2)9-6-3;1-2-3-4-5/h4-6H,1-3,7-9H2;2,4-5H,1,3H2. The van der Waals surface area contributed by atoms with Crippen LogP contribution in [-0.4, -0.2) is 36.3 Å². The third-order valence-electron chi connectivity index (χ3n) is 1.40. The summed E-state index contributed by atoms with van der Waals surface area (Å²) in [6.45, 7) is 17.5. The number of hydroxylamine groups is 1. The molecule has 0 radical (unpaired) electrons. The first-order valence-corrected chi connectivity index (χ1v) is 4.79. The summed E-state index contributed by atoms with van der Waals surface area (Å²) in [6, 6.07) is 0. The number of hydrogen-bond acceptors (Lipinski definition) is 3. The van der Waals surface area contributed by atoms with Crippen LogP contribution in [0.5, 0.6) is 0 Å². The number of hydrogen-bond donors (Lipinski definition) is 2. The molecule has 3 heteroatoms. The van der Waals surface area contributed by atoms with E-state index >= 15 is 0 Å². The van der Waals surface area contributed by atoms with Crippen LogP contribution in [0.3, 0.4) is 0 Å². The van der Waals surface area contributed by atoms with Crippen molar-refractivity contribution in [1.29, 1.82) is 0 Å². The van der Waals surface area contributed by atoms with Gasteiger partial charge in [0.05, 0.1) is 0 Å². The maximum Gasteiger partial charge on any atom is 0.0385 e. The van der Waals surface area contributed by atoms with Gasteiger partial charge in [0, 0.05) is 26.2 Å². The second-order valence-corrected chi connectivity index (χ2v) is 2.74. The van der Waals surface area contributed by atoms with Crippen LogP contribution in [0.2, 0.25) is 0 Å². The molecule has 0 bridgehead atoms. The van der Waals surface area contributed by atoms with Gasteiger partial charge >= 0.3 is 0 Å². The topological polar surface area (TPSA) is 35.5 Å². The molecule has 0 unspecified atom stereocenters. The van der Waals surface area contributed by atoms with Crippen LogP contribution in [0.4, 0.5) is 0 Å². The van der Waals surface area contributed by atoms with E-state index in [1.807, 2.05) is 23.7 Å². The third-order valence-corrected chi connectivity index (χ3v) is 1.40. The fourth-order valence-corrected chi connectivity index (χ4v) is 0.836. The fraction of sp³-hybridized carbons (Fsp3) is 0.333. The van der Waals surface area contributed by atoms with E-state index in [0.29, 0.717) is 6.54 Å². The molecule has 0 aromatic heterocycles. The highest BCUT2D eigenvalue weighted by atomic mass is 16.5. The van der Waals surface area contributed by atoms with E-state index in [2.05, 4.69) is 31.2 Å². The summed E-state index contributed by atoms with van der Waals surface area (Å²) in [4.78, 5) is 2.19. The van der Waals surface area contributed by atoms with Crippen LogP contribution in [-0.2, 0) is 0 Å². The number of nitrogens with zero attached hydrogens (tertiary/aromatic N) is 1. The Morgan fingerprint density at radius 3 is 1.40 bits per heavy atom. The lowest BCUT2D eigenvalue weighted by molar-refractivity contribution is 0.180. The van der Waals surface area contributed by atoms with Gasteiger partial charge in [-0.15, -0.1) is 26.3 Å². The lowest BCUT2D eigenvalue weighted by Crippen LogP contribution is -2.23. The average molecular weight is 210 g/mol. The van der Waals surface area contributed by atoms with Crippen LogP contribution in [0, 0.1) is 0 Å². The molecular formula is C12H22N2O. The molecule has 0 atom stereocenters. The van der Waals surface area contributed by atoms with Gasteiger partial charge in [-0.2, -0.15) is 0 Å². The molecule has 86 valence electrons. The predicted octanol–water partition coefficient (Wildman–Crippen LogP) is 2.00. The van der Waals surface area contributed by atoms with Gasteiger partial charge in [-0.05, 0) is 0 Å². The maximum absolute atomic E-state index is 7.74. The molecule has 0 rings (SSSR count). The first kappa shape index (κ1) is 16.3. The van der Waals surface area contributed by atoms with Crippen molar-refractivity contribution in [2.24, 2.45) is 0 Å². The van der Waals surface area contributed by atoms with Crippen LogP contribution in [0.15, 0.2) is 50.6 Å². The van der Waals surface area contributed by atoms with Crippen molar-refractivity contribution in [3.8, 4) is 0 Å². The van der Waals surface area contributed by atoms with E-state index in [-0.39, 0.29) is 0 Å². The minimum absolute atomic E-state index is 0.458. The van der Waals surface area contributed by atoms with Crippen LogP contribution in [0.25, 0.3) is 0 Å². The second kappa shape index (κ2) is 15.3. The van der Waals surface area contributed by atoms with Crippen molar-refractivity contribution in [3.05, 3.63) is 50.6 Å². The molecule has 3 nitrogen and oxygen atoms in total. The fourth-order valence-electron chi connectivity index (χ4n) is 0.836. The molecular weight excluding hydrogens is 188 g/mol. The zero-order valence-electron chi connectivity index (χ0n) is 9.36. The van der Waals surface area contributed by atoms with E-state index in [0.717, 1.165) is 19.6 Å². The Morgan fingerprint density at radius 2 is 1.27 bits per heavy atom. The summed E-state index contributed by atoms with van der Waals surface area (Å²) < 4.78 is 0. The summed E-state index contributed by atoms with van der Waals surface area (Å²) in [5.74, 6) is 0. The SMILES string of the molecule is C=CCN(CC=C)CC=C.C=CCNO. The van der Waals surface area contributed by atoms with E-state index in [4.69, 9.17) is 5.21 Å². The zero-order valence-corrected chi connectivity index (χ0v) is 9.36. The molecule has 0 aromatic rings. The minimum atomic E-state index is 0.458. The molecule has 0 amide bonds. The smallest absolute Gasteiger partial charge is 0.0385 e. The van der Waals surface area contributed by atoms with Crippen molar-refractivity contribution in [2.75, 3.05) is 26.2 Å². The lowest BCUT2D eigenvalue weighted by atomic mass is 10.4. The van der Waals surface area contributed by atoms with Crippen molar-refractivity contribution in [3.63, 3.8) is 0 Å². The Labute approximate surface area is 93.1 Å². The molecule has 2 N–H and O–H groups in total. The van der Waals surface area contributed by atoms with E-state index in [1.54, 1.807) is 6.08 Å². The monoisotopic (exact) mass is 210 g/mol. The van der Waals surface area contributed by atoms with Crippen LogP contribution < -0.4 is 5.48 Å². The highest BCUT2D eigenvalue weighted by Crippen LogP contribution is 1.88. The predicted molar refractivity (Wildman–Crippen MR) is 67.0 cm³/mol. The third kappa shape index (κ3) is 15.6. The lowest BCUT2D eigenvalue weighted by Gasteiger charge is -2.15. The Kier molecular flexibility index (Phi) is 16.6. The number of nitrogens with one attached hydrogen (secondary N) is 1. The molecule has 15 heavy (non-hydrogen) atoms. The van der Waals surface area contributed by atoms with Crippen molar-refractivity contribution < 1.29 is 5.21 Å². The molecule has 0 spiro atoms. The number of rotatable bonds is 8.